The first-order chi connectivity index (χ1) is 10.9. The average molecular weight is 346 g/mol. The molecular weight excluding hydrogens is 330 g/mol. The van der Waals surface area contributed by atoms with Crippen LogP contribution in [0.25, 0.3) is 0 Å². The fourth-order valence-corrected chi connectivity index (χ4v) is 2.58. The Labute approximate surface area is 145 Å². The van der Waals surface area contributed by atoms with Crippen LogP contribution in [0.1, 0.15) is 24.1 Å². The fourth-order valence-electron chi connectivity index (χ4n) is 2.08. The second-order valence-corrected chi connectivity index (χ2v) is 5.91. The van der Waals surface area contributed by atoms with E-state index in [-0.39, 0.29) is 11.8 Å². The molecule has 1 unspecified atom stereocenters. The van der Waals surface area contributed by atoms with Gasteiger partial charge >= 0.3 is 0 Å². The molecule has 0 aliphatic rings. The summed E-state index contributed by atoms with van der Waals surface area (Å²) in [6.07, 6.45) is 0. The maximum Gasteiger partial charge on any atom is 0.173 e. The summed E-state index contributed by atoms with van der Waals surface area (Å²) < 4.78 is 0. The molecule has 23 heavy (non-hydrogen) atoms. The molecule has 0 aliphatic heterocycles. The van der Waals surface area contributed by atoms with E-state index in [0.29, 0.717) is 21.4 Å². The summed E-state index contributed by atoms with van der Waals surface area (Å²) in [4.78, 5) is 1.89. The fraction of sp³-hybridized carbons (Fsp3) is 0.176. The zero-order valence-corrected chi connectivity index (χ0v) is 14.3. The van der Waals surface area contributed by atoms with Gasteiger partial charge in [0.2, 0.25) is 0 Å². The monoisotopic (exact) mass is 345 g/mol. The van der Waals surface area contributed by atoms with Crippen molar-refractivity contribution in [3.63, 3.8) is 0 Å². The second kappa shape index (κ2) is 7.32. The molecule has 0 bridgehead atoms. The second-order valence-electron chi connectivity index (χ2n) is 5.12. The van der Waals surface area contributed by atoms with Crippen LogP contribution in [-0.2, 0) is 0 Å². The highest BCUT2D eigenvalue weighted by atomic mass is 35.5. The van der Waals surface area contributed by atoms with Crippen molar-refractivity contribution in [2.75, 3.05) is 12.4 Å². The largest absolute Gasteiger partial charge is 0.508 e. The van der Waals surface area contributed by atoms with Gasteiger partial charge in [0.25, 0.3) is 0 Å². The van der Waals surface area contributed by atoms with E-state index in [0.717, 1.165) is 5.56 Å². The molecule has 2 aromatic rings. The van der Waals surface area contributed by atoms with Gasteiger partial charge in [0.05, 0.1) is 16.6 Å². The van der Waals surface area contributed by atoms with E-state index in [1.807, 2.05) is 31.0 Å². The first kappa shape index (κ1) is 17.1. The number of benzene rings is 2. The van der Waals surface area contributed by atoms with Crippen molar-refractivity contribution >= 4 is 34.6 Å². The molecular formula is C17H16ClN3OS. The molecule has 118 valence electrons. The lowest BCUT2D eigenvalue weighted by Gasteiger charge is -2.28. The molecule has 0 saturated heterocycles. The van der Waals surface area contributed by atoms with Gasteiger partial charge in [-0.25, -0.2) is 0 Å². The Morgan fingerprint density at radius 2 is 2.09 bits per heavy atom. The Bertz CT molecular complexity index is 773. The third kappa shape index (κ3) is 4.13. The lowest BCUT2D eigenvalue weighted by Crippen LogP contribution is -2.33. The number of aromatic hydroxyl groups is 1. The highest BCUT2D eigenvalue weighted by molar-refractivity contribution is 7.80. The summed E-state index contributed by atoms with van der Waals surface area (Å²) in [6.45, 7) is 1.99. The minimum atomic E-state index is -0.0176. The molecule has 0 aromatic heterocycles. The van der Waals surface area contributed by atoms with Crippen LogP contribution in [0.15, 0.2) is 42.5 Å². The normalized spacial score (nSPS) is 11.4. The summed E-state index contributed by atoms with van der Waals surface area (Å²) in [5.41, 5.74) is 2.09. The van der Waals surface area contributed by atoms with Gasteiger partial charge in [0.15, 0.2) is 5.11 Å². The number of nitrogens with zero attached hydrogens (tertiary/aromatic N) is 2. The van der Waals surface area contributed by atoms with Gasteiger partial charge in [-0.15, -0.1) is 0 Å². The van der Waals surface area contributed by atoms with Crippen molar-refractivity contribution < 1.29 is 5.11 Å². The minimum Gasteiger partial charge on any atom is -0.508 e. The quantitative estimate of drug-likeness (QED) is 0.812. The van der Waals surface area contributed by atoms with Crippen LogP contribution in [0, 0.1) is 11.3 Å². The van der Waals surface area contributed by atoms with E-state index < -0.39 is 0 Å². The number of phenolic OH excluding ortho intramolecular Hbond substituents is 1. The summed E-state index contributed by atoms with van der Waals surface area (Å²) >= 11 is 11.4. The Kier molecular flexibility index (Phi) is 5.43. The van der Waals surface area contributed by atoms with E-state index in [4.69, 9.17) is 29.1 Å². The van der Waals surface area contributed by atoms with E-state index in [9.17, 15) is 5.11 Å². The molecule has 0 saturated carbocycles. The number of hydrogen-bond acceptors (Lipinski definition) is 3. The van der Waals surface area contributed by atoms with Crippen LogP contribution in [0.2, 0.25) is 5.02 Å². The number of nitrogens with one attached hydrogen (secondary N) is 1. The van der Waals surface area contributed by atoms with Gasteiger partial charge < -0.3 is 15.3 Å². The van der Waals surface area contributed by atoms with Crippen molar-refractivity contribution in [1.82, 2.24) is 4.90 Å². The first-order valence-corrected chi connectivity index (χ1v) is 7.73. The molecule has 4 nitrogen and oxygen atoms in total. The predicted molar refractivity (Wildman–Crippen MR) is 96.7 cm³/mol. The smallest absolute Gasteiger partial charge is 0.173 e. The molecule has 0 heterocycles. The van der Waals surface area contributed by atoms with Crippen molar-refractivity contribution in [1.29, 1.82) is 5.26 Å². The topological polar surface area (TPSA) is 59.3 Å². The molecule has 0 spiro atoms. The number of phenols is 1. The highest BCUT2D eigenvalue weighted by Crippen LogP contribution is 2.24. The first-order valence-electron chi connectivity index (χ1n) is 6.94. The minimum absolute atomic E-state index is 0.0176. The number of nitriles is 1. The van der Waals surface area contributed by atoms with Crippen molar-refractivity contribution in [3.05, 3.63) is 58.6 Å². The van der Waals surface area contributed by atoms with Crippen LogP contribution < -0.4 is 5.32 Å². The van der Waals surface area contributed by atoms with E-state index in [1.54, 1.807) is 36.4 Å². The summed E-state index contributed by atoms with van der Waals surface area (Å²) in [7, 11) is 1.87. The van der Waals surface area contributed by atoms with Crippen molar-refractivity contribution in [2.24, 2.45) is 0 Å². The highest BCUT2D eigenvalue weighted by Gasteiger charge is 2.15. The molecule has 0 fully saturated rings. The lowest BCUT2D eigenvalue weighted by atomic mass is 10.1. The van der Waals surface area contributed by atoms with Gasteiger partial charge in [0, 0.05) is 12.7 Å². The molecule has 2 rings (SSSR count). The van der Waals surface area contributed by atoms with Crippen LogP contribution >= 0.6 is 23.8 Å². The zero-order chi connectivity index (χ0) is 17.0. The zero-order valence-electron chi connectivity index (χ0n) is 12.7. The average Bonchev–Trinajstić information content (AvgIpc) is 2.53. The maximum absolute atomic E-state index is 9.59. The number of hydrogen-bond donors (Lipinski definition) is 2. The maximum atomic E-state index is 9.59. The summed E-state index contributed by atoms with van der Waals surface area (Å²) in [6, 6.07) is 14.1. The third-order valence-electron chi connectivity index (χ3n) is 3.59. The molecule has 2 N–H and O–H groups in total. The Morgan fingerprint density at radius 1 is 1.35 bits per heavy atom. The van der Waals surface area contributed by atoms with E-state index in [2.05, 4.69) is 5.32 Å². The molecule has 0 radical (unpaired) electrons. The number of rotatable bonds is 3. The van der Waals surface area contributed by atoms with Gasteiger partial charge in [-0.05, 0) is 55.0 Å². The third-order valence-corrected chi connectivity index (χ3v) is 4.30. The number of halogens is 1. The van der Waals surface area contributed by atoms with Gasteiger partial charge in [-0.1, -0.05) is 23.7 Å². The predicted octanol–water partition coefficient (Wildman–Crippen LogP) is 4.31. The van der Waals surface area contributed by atoms with Crippen LogP contribution in [0.4, 0.5) is 5.69 Å². The Hall–Kier alpha value is -2.29. The molecule has 0 aliphatic carbocycles. The molecule has 6 heteroatoms. The molecule has 1 atom stereocenters. The molecule has 0 amide bonds. The van der Waals surface area contributed by atoms with Gasteiger partial charge in [0.1, 0.15) is 11.8 Å². The standard InChI is InChI=1S/C17H16ClN3OS/c1-11(12-4-3-5-15(22)8-12)21(2)17(23)20-14-7-6-13(10-19)16(18)9-14/h3-9,11,22H,1-2H3,(H,20,23). The molecule has 2 aromatic carbocycles. The Balaban J connectivity index is 2.11. The Morgan fingerprint density at radius 3 is 2.70 bits per heavy atom. The summed E-state index contributed by atoms with van der Waals surface area (Å²) in [5.74, 6) is 0.223. The van der Waals surface area contributed by atoms with Crippen molar-refractivity contribution in [3.8, 4) is 11.8 Å². The van der Waals surface area contributed by atoms with Gasteiger partial charge in [-0.2, -0.15) is 5.26 Å². The number of anilines is 1. The van der Waals surface area contributed by atoms with E-state index in [1.165, 1.54) is 0 Å². The SMILES string of the molecule is CC(c1cccc(O)c1)N(C)C(=S)Nc1ccc(C#N)c(Cl)c1. The van der Waals surface area contributed by atoms with Crippen molar-refractivity contribution in [2.45, 2.75) is 13.0 Å². The number of thiocarbonyl (C=S) groups is 1. The van der Waals surface area contributed by atoms with Crippen LogP contribution in [0.5, 0.6) is 5.75 Å². The van der Waals surface area contributed by atoms with Gasteiger partial charge in [-0.3, -0.25) is 0 Å². The van der Waals surface area contributed by atoms with Crippen LogP contribution in [-0.4, -0.2) is 22.2 Å². The summed E-state index contributed by atoms with van der Waals surface area (Å²) in [5, 5.41) is 22.5. The lowest BCUT2D eigenvalue weighted by molar-refractivity contribution is 0.405. The van der Waals surface area contributed by atoms with E-state index >= 15 is 0 Å². The van der Waals surface area contributed by atoms with Crippen LogP contribution in [0.3, 0.4) is 0 Å².